The highest BCUT2D eigenvalue weighted by Crippen LogP contribution is 2.35. The molecule has 30 heavy (non-hydrogen) atoms. The van der Waals surface area contributed by atoms with Gasteiger partial charge in [0.2, 0.25) is 0 Å². The van der Waals surface area contributed by atoms with Gasteiger partial charge in [-0.25, -0.2) is 0 Å². The van der Waals surface area contributed by atoms with Crippen molar-refractivity contribution in [2.24, 2.45) is 0 Å². The van der Waals surface area contributed by atoms with Crippen LogP contribution in [-0.4, -0.2) is 45.3 Å². The molecule has 1 aliphatic heterocycles. The number of hydrogen-bond acceptors (Lipinski definition) is 6. The van der Waals surface area contributed by atoms with Crippen molar-refractivity contribution in [2.75, 3.05) is 18.6 Å². The molecule has 1 amide bonds. The first kappa shape index (κ1) is 20.2. The smallest absolute Gasteiger partial charge is 0.281 e. The van der Waals surface area contributed by atoms with Crippen molar-refractivity contribution in [3.63, 3.8) is 0 Å². The van der Waals surface area contributed by atoms with Gasteiger partial charge in [0.1, 0.15) is 12.3 Å². The SMILES string of the molecule is COc1cc(N2Cc3nn(-c4ccc(Cl)cc4)nc3C2=O)ccc1OCC(C)(C)O. The summed E-state index contributed by atoms with van der Waals surface area (Å²) in [6.07, 6.45) is 0. The number of nitrogens with zero attached hydrogens (tertiary/aromatic N) is 4. The quantitative estimate of drug-likeness (QED) is 0.648. The lowest BCUT2D eigenvalue weighted by atomic mass is 10.2. The highest BCUT2D eigenvalue weighted by atomic mass is 35.5. The van der Waals surface area contributed by atoms with Crippen molar-refractivity contribution in [3.05, 3.63) is 58.9 Å². The van der Waals surface area contributed by atoms with Gasteiger partial charge in [0.05, 0.1) is 24.9 Å². The molecular weight excluding hydrogens is 408 g/mol. The number of rotatable bonds is 6. The number of carbonyl (C=O) groups is 1. The Morgan fingerprint density at radius 3 is 2.43 bits per heavy atom. The second-order valence-electron chi connectivity index (χ2n) is 7.59. The van der Waals surface area contributed by atoms with Crippen LogP contribution in [0, 0.1) is 0 Å². The molecule has 0 spiro atoms. The van der Waals surface area contributed by atoms with Crippen molar-refractivity contribution >= 4 is 23.2 Å². The first-order valence-corrected chi connectivity index (χ1v) is 9.70. The van der Waals surface area contributed by atoms with E-state index in [1.807, 2.05) is 0 Å². The van der Waals surface area contributed by atoms with E-state index in [0.29, 0.717) is 40.1 Å². The first-order valence-electron chi connectivity index (χ1n) is 9.32. The van der Waals surface area contributed by atoms with Gasteiger partial charge in [-0.3, -0.25) is 4.79 Å². The molecule has 0 radical (unpaired) electrons. The van der Waals surface area contributed by atoms with Crippen LogP contribution < -0.4 is 14.4 Å². The molecule has 2 heterocycles. The zero-order valence-electron chi connectivity index (χ0n) is 16.8. The van der Waals surface area contributed by atoms with Crippen molar-refractivity contribution in [2.45, 2.75) is 26.0 Å². The van der Waals surface area contributed by atoms with Crippen molar-refractivity contribution in [1.29, 1.82) is 0 Å². The lowest BCUT2D eigenvalue weighted by molar-refractivity contribution is 0.0276. The largest absolute Gasteiger partial charge is 0.493 e. The molecule has 2 aromatic carbocycles. The summed E-state index contributed by atoms with van der Waals surface area (Å²) in [5.74, 6) is 0.713. The molecule has 0 fully saturated rings. The number of aliphatic hydroxyl groups is 1. The van der Waals surface area contributed by atoms with Crippen molar-refractivity contribution in [1.82, 2.24) is 15.0 Å². The third kappa shape index (κ3) is 3.96. The Bertz CT molecular complexity index is 1090. The molecular formula is C21H21ClN4O4. The van der Waals surface area contributed by atoms with Gasteiger partial charge < -0.3 is 19.5 Å². The fraction of sp³-hybridized carbons (Fsp3) is 0.286. The minimum atomic E-state index is -0.974. The van der Waals surface area contributed by atoms with Crippen LogP contribution in [0.3, 0.4) is 0 Å². The van der Waals surface area contributed by atoms with E-state index in [-0.39, 0.29) is 12.5 Å². The maximum absolute atomic E-state index is 12.9. The number of anilines is 1. The highest BCUT2D eigenvalue weighted by molar-refractivity contribution is 6.30. The second-order valence-corrected chi connectivity index (χ2v) is 8.03. The summed E-state index contributed by atoms with van der Waals surface area (Å²) in [5, 5.41) is 19.3. The summed E-state index contributed by atoms with van der Waals surface area (Å²) >= 11 is 5.92. The van der Waals surface area contributed by atoms with Crippen molar-refractivity contribution in [3.8, 4) is 17.2 Å². The van der Waals surface area contributed by atoms with E-state index < -0.39 is 5.60 Å². The minimum absolute atomic E-state index is 0.111. The Morgan fingerprint density at radius 2 is 1.80 bits per heavy atom. The molecule has 0 saturated heterocycles. The third-order valence-corrected chi connectivity index (χ3v) is 4.79. The maximum atomic E-state index is 12.9. The molecule has 0 saturated carbocycles. The van der Waals surface area contributed by atoms with E-state index in [1.165, 1.54) is 11.9 Å². The molecule has 0 unspecified atom stereocenters. The number of hydrogen-bond donors (Lipinski definition) is 1. The maximum Gasteiger partial charge on any atom is 0.281 e. The van der Waals surface area contributed by atoms with Crippen LogP contribution in [0.2, 0.25) is 5.02 Å². The number of fused-ring (bicyclic) bond motifs is 1. The fourth-order valence-electron chi connectivity index (χ4n) is 3.05. The summed E-state index contributed by atoms with van der Waals surface area (Å²) < 4.78 is 11.0. The van der Waals surface area contributed by atoms with Gasteiger partial charge in [-0.1, -0.05) is 11.6 Å². The number of methoxy groups -OCH3 is 1. The predicted molar refractivity (Wildman–Crippen MR) is 112 cm³/mol. The van der Waals surface area contributed by atoms with Gasteiger partial charge in [0, 0.05) is 16.8 Å². The summed E-state index contributed by atoms with van der Waals surface area (Å²) in [6.45, 7) is 3.73. The minimum Gasteiger partial charge on any atom is -0.493 e. The van der Waals surface area contributed by atoms with Gasteiger partial charge in [0.15, 0.2) is 17.2 Å². The summed E-state index contributed by atoms with van der Waals surface area (Å²) in [7, 11) is 1.52. The molecule has 4 rings (SSSR count). The number of ether oxygens (including phenoxy) is 2. The van der Waals surface area contributed by atoms with Gasteiger partial charge in [-0.2, -0.15) is 9.90 Å². The van der Waals surface area contributed by atoms with Crippen LogP contribution in [0.4, 0.5) is 5.69 Å². The lowest BCUT2D eigenvalue weighted by Gasteiger charge is -2.21. The van der Waals surface area contributed by atoms with E-state index in [4.69, 9.17) is 21.1 Å². The van der Waals surface area contributed by atoms with Crippen LogP contribution >= 0.6 is 11.6 Å². The molecule has 8 nitrogen and oxygen atoms in total. The number of halogens is 1. The lowest BCUT2D eigenvalue weighted by Crippen LogP contribution is -2.28. The predicted octanol–water partition coefficient (Wildman–Crippen LogP) is 3.24. The van der Waals surface area contributed by atoms with Gasteiger partial charge in [-0.15, -0.1) is 5.10 Å². The van der Waals surface area contributed by atoms with Crippen LogP contribution in [0.5, 0.6) is 11.5 Å². The van der Waals surface area contributed by atoms with Gasteiger partial charge in [0.25, 0.3) is 5.91 Å². The summed E-state index contributed by atoms with van der Waals surface area (Å²) in [5.41, 5.74) is 1.30. The summed E-state index contributed by atoms with van der Waals surface area (Å²) in [6, 6.07) is 12.3. The molecule has 0 bridgehead atoms. The number of benzene rings is 2. The van der Waals surface area contributed by atoms with E-state index in [0.717, 1.165) is 5.69 Å². The molecule has 3 aromatic rings. The number of amides is 1. The molecule has 9 heteroatoms. The molecule has 156 valence electrons. The fourth-order valence-corrected chi connectivity index (χ4v) is 3.18. The van der Waals surface area contributed by atoms with E-state index >= 15 is 0 Å². The average Bonchev–Trinajstić information content (AvgIpc) is 3.26. The van der Waals surface area contributed by atoms with Crippen molar-refractivity contribution < 1.29 is 19.4 Å². The number of aromatic nitrogens is 3. The Kier molecular flexibility index (Phi) is 5.13. The van der Waals surface area contributed by atoms with Crippen LogP contribution in [0.15, 0.2) is 42.5 Å². The number of carbonyl (C=O) groups excluding carboxylic acids is 1. The van der Waals surface area contributed by atoms with E-state index in [2.05, 4.69) is 10.2 Å². The highest BCUT2D eigenvalue weighted by Gasteiger charge is 2.34. The normalized spacial score (nSPS) is 13.5. The van der Waals surface area contributed by atoms with Crippen LogP contribution in [0.1, 0.15) is 30.0 Å². The van der Waals surface area contributed by atoms with E-state index in [9.17, 15) is 9.90 Å². The zero-order chi connectivity index (χ0) is 21.5. The second kappa shape index (κ2) is 7.62. The summed E-state index contributed by atoms with van der Waals surface area (Å²) in [4.78, 5) is 15.9. The molecule has 0 atom stereocenters. The average molecular weight is 429 g/mol. The topological polar surface area (TPSA) is 89.7 Å². The Labute approximate surface area is 178 Å². The Hall–Kier alpha value is -3.10. The first-order chi connectivity index (χ1) is 14.2. The molecule has 1 aliphatic rings. The molecule has 1 aromatic heterocycles. The standard InChI is InChI=1S/C21H21ClN4O4/c1-21(2,28)12-30-17-9-8-15(10-18(17)29-3)25-11-16-19(20(25)27)24-26(23-16)14-6-4-13(22)5-7-14/h4-10,28H,11-12H2,1-3H3. The van der Waals surface area contributed by atoms with E-state index in [1.54, 1.807) is 61.2 Å². The van der Waals surface area contributed by atoms with Gasteiger partial charge in [-0.05, 0) is 50.2 Å². The third-order valence-electron chi connectivity index (χ3n) is 4.54. The monoisotopic (exact) mass is 428 g/mol. The Balaban J connectivity index is 1.55. The van der Waals surface area contributed by atoms with Crippen LogP contribution in [0.25, 0.3) is 5.69 Å². The zero-order valence-corrected chi connectivity index (χ0v) is 17.6. The van der Waals surface area contributed by atoms with Gasteiger partial charge >= 0.3 is 0 Å². The Morgan fingerprint density at radius 1 is 1.10 bits per heavy atom. The molecule has 1 N–H and O–H groups in total. The molecule has 0 aliphatic carbocycles. The van der Waals surface area contributed by atoms with Crippen LogP contribution in [-0.2, 0) is 6.54 Å².